The molecule has 1 heterocycles. The molecule has 8 heteroatoms. The van der Waals surface area contributed by atoms with Gasteiger partial charge in [0.25, 0.3) is 0 Å². The highest BCUT2D eigenvalue weighted by atomic mass is 79.9. The number of anilines is 2. The van der Waals surface area contributed by atoms with Gasteiger partial charge in [0.05, 0.1) is 17.3 Å². The predicted octanol–water partition coefficient (Wildman–Crippen LogP) is 4.38. The normalized spacial score (nSPS) is 10.3. The van der Waals surface area contributed by atoms with Crippen LogP contribution in [0, 0.1) is 0 Å². The molecule has 0 fully saturated rings. The van der Waals surface area contributed by atoms with Crippen molar-refractivity contribution in [3.63, 3.8) is 0 Å². The van der Waals surface area contributed by atoms with Crippen molar-refractivity contribution in [2.45, 2.75) is 0 Å². The standard InChI is InChI=1S/C15H13BrN4OS2/c1-21-11-6-7-12-13(8-11)23-15(18-12)20-19-14(22)17-10-4-2-9(16)3-5-10/h2-8H,1H3,(H,18,20)(H2,17,19,22). The molecule has 0 saturated heterocycles. The number of nitrogens with one attached hydrogen (secondary N) is 3. The van der Waals surface area contributed by atoms with Gasteiger partial charge in [-0.05, 0) is 54.7 Å². The average Bonchev–Trinajstić information content (AvgIpc) is 2.97. The van der Waals surface area contributed by atoms with Crippen LogP contribution in [0.15, 0.2) is 46.9 Å². The van der Waals surface area contributed by atoms with E-state index in [4.69, 9.17) is 17.0 Å². The molecule has 23 heavy (non-hydrogen) atoms. The third kappa shape index (κ3) is 4.10. The van der Waals surface area contributed by atoms with E-state index in [0.717, 1.165) is 31.3 Å². The minimum absolute atomic E-state index is 0.462. The first-order valence-corrected chi connectivity index (χ1v) is 8.69. The van der Waals surface area contributed by atoms with E-state index >= 15 is 0 Å². The van der Waals surface area contributed by atoms with Gasteiger partial charge in [-0.1, -0.05) is 27.3 Å². The number of hydrogen-bond acceptors (Lipinski definition) is 5. The molecule has 0 aliphatic rings. The number of hydrogen-bond donors (Lipinski definition) is 3. The first-order valence-electron chi connectivity index (χ1n) is 6.67. The van der Waals surface area contributed by atoms with E-state index in [0.29, 0.717) is 5.11 Å². The van der Waals surface area contributed by atoms with Gasteiger partial charge < -0.3 is 10.1 Å². The van der Waals surface area contributed by atoms with Crippen LogP contribution in [0.5, 0.6) is 5.75 Å². The number of benzene rings is 2. The van der Waals surface area contributed by atoms with Crippen LogP contribution in [-0.4, -0.2) is 17.2 Å². The zero-order chi connectivity index (χ0) is 16.2. The number of aromatic nitrogens is 1. The van der Waals surface area contributed by atoms with Gasteiger partial charge in [0, 0.05) is 10.2 Å². The Kier molecular flexibility index (Phi) is 4.94. The highest BCUT2D eigenvalue weighted by Gasteiger charge is 2.05. The van der Waals surface area contributed by atoms with E-state index in [1.807, 2.05) is 42.5 Å². The molecule has 0 aliphatic heterocycles. The van der Waals surface area contributed by atoms with Gasteiger partial charge in [-0.3, -0.25) is 10.9 Å². The molecule has 0 atom stereocenters. The molecule has 0 amide bonds. The van der Waals surface area contributed by atoms with Crippen LogP contribution >= 0.6 is 39.5 Å². The van der Waals surface area contributed by atoms with E-state index in [1.54, 1.807) is 7.11 Å². The lowest BCUT2D eigenvalue weighted by molar-refractivity contribution is 0.415. The monoisotopic (exact) mass is 408 g/mol. The van der Waals surface area contributed by atoms with Crippen molar-refractivity contribution >= 4 is 65.6 Å². The SMILES string of the molecule is COc1ccc2nc(NNC(=S)Nc3ccc(Br)cc3)sc2c1. The largest absolute Gasteiger partial charge is 0.497 e. The van der Waals surface area contributed by atoms with Crippen LogP contribution in [-0.2, 0) is 0 Å². The number of ether oxygens (including phenoxy) is 1. The maximum Gasteiger partial charge on any atom is 0.202 e. The fraction of sp³-hybridized carbons (Fsp3) is 0.0667. The third-order valence-corrected chi connectivity index (χ3v) is 4.65. The smallest absolute Gasteiger partial charge is 0.202 e. The fourth-order valence-corrected chi connectivity index (χ4v) is 3.17. The van der Waals surface area contributed by atoms with Gasteiger partial charge in [0.15, 0.2) is 5.11 Å². The lowest BCUT2D eigenvalue weighted by Crippen LogP contribution is -2.33. The molecular formula is C15H13BrN4OS2. The summed E-state index contributed by atoms with van der Waals surface area (Å²) in [5.74, 6) is 0.813. The van der Waals surface area contributed by atoms with Crippen LogP contribution in [0.2, 0.25) is 0 Å². The zero-order valence-electron chi connectivity index (χ0n) is 12.1. The van der Waals surface area contributed by atoms with Gasteiger partial charge in [-0.2, -0.15) is 0 Å². The second kappa shape index (κ2) is 7.12. The second-order valence-corrected chi connectivity index (χ2v) is 6.92. The van der Waals surface area contributed by atoms with Gasteiger partial charge in [-0.15, -0.1) is 0 Å². The van der Waals surface area contributed by atoms with Crippen molar-refractivity contribution in [1.82, 2.24) is 10.4 Å². The number of thiocarbonyl (C=S) groups is 1. The molecule has 0 saturated carbocycles. The zero-order valence-corrected chi connectivity index (χ0v) is 15.3. The number of thiazole rings is 1. The van der Waals surface area contributed by atoms with Crippen molar-refractivity contribution in [3.8, 4) is 5.75 Å². The minimum Gasteiger partial charge on any atom is -0.497 e. The number of fused-ring (bicyclic) bond motifs is 1. The van der Waals surface area contributed by atoms with Crippen LogP contribution in [0.25, 0.3) is 10.2 Å². The summed E-state index contributed by atoms with van der Waals surface area (Å²) in [5, 5.41) is 4.28. The molecule has 0 unspecified atom stereocenters. The number of rotatable bonds is 4. The van der Waals surface area contributed by atoms with Gasteiger partial charge in [0.1, 0.15) is 5.75 Å². The summed E-state index contributed by atoms with van der Waals surface area (Å²) in [7, 11) is 1.65. The molecule has 3 rings (SSSR count). The van der Waals surface area contributed by atoms with E-state index in [1.165, 1.54) is 11.3 Å². The van der Waals surface area contributed by atoms with Crippen molar-refractivity contribution < 1.29 is 4.74 Å². The highest BCUT2D eigenvalue weighted by molar-refractivity contribution is 9.10. The van der Waals surface area contributed by atoms with E-state index < -0.39 is 0 Å². The first kappa shape index (κ1) is 16.0. The molecule has 3 aromatic rings. The number of nitrogens with zero attached hydrogens (tertiary/aromatic N) is 1. The van der Waals surface area contributed by atoms with Gasteiger partial charge >= 0.3 is 0 Å². The molecule has 3 N–H and O–H groups in total. The quantitative estimate of drug-likeness (QED) is 0.439. The lowest BCUT2D eigenvalue weighted by Gasteiger charge is -2.10. The predicted molar refractivity (Wildman–Crippen MR) is 103 cm³/mol. The summed E-state index contributed by atoms with van der Waals surface area (Å²) in [4.78, 5) is 4.47. The van der Waals surface area contributed by atoms with Crippen molar-refractivity contribution in [3.05, 3.63) is 46.9 Å². The van der Waals surface area contributed by atoms with E-state index in [2.05, 4.69) is 37.1 Å². The maximum absolute atomic E-state index is 5.25. The van der Waals surface area contributed by atoms with E-state index in [9.17, 15) is 0 Å². The van der Waals surface area contributed by atoms with Crippen LogP contribution in [0.4, 0.5) is 10.8 Å². The van der Waals surface area contributed by atoms with Gasteiger partial charge in [0.2, 0.25) is 5.13 Å². The molecule has 0 aliphatic carbocycles. The Labute approximate surface area is 151 Å². The first-order chi connectivity index (χ1) is 11.1. The number of methoxy groups -OCH3 is 1. The molecule has 2 aromatic carbocycles. The summed E-state index contributed by atoms with van der Waals surface area (Å²) in [6, 6.07) is 13.5. The summed E-state index contributed by atoms with van der Waals surface area (Å²) in [6.07, 6.45) is 0. The van der Waals surface area contributed by atoms with Crippen molar-refractivity contribution in [2.24, 2.45) is 0 Å². The van der Waals surface area contributed by atoms with Gasteiger partial charge in [-0.25, -0.2) is 4.98 Å². The summed E-state index contributed by atoms with van der Waals surface area (Å²) in [6.45, 7) is 0. The number of halogens is 1. The minimum atomic E-state index is 0.462. The second-order valence-electron chi connectivity index (χ2n) is 4.56. The Bertz CT molecular complexity index is 835. The maximum atomic E-state index is 5.25. The molecule has 0 bridgehead atoms. The van der Waals surface area contributed by atoms with Crippen molar-refractivity contribution in [1.29, 1.82) is 0 Å². The molecule has 5 nitrogen and oxygen atoms in total. The summed E-state index contributed by atoms with van der Waals surface area (Å²) >= 11 is 10.2. The summed E-state index contributed by atoms with van der Waals surface area (Å²) < 4.78 is 7.27. The Morgan fingerprint density at radius 1 is 1.22 bits per heavy atom. The Balaban J connectivity index is 1.61. The topological polar surface area (TPSA) is 58.2 Å². The van der Waals surface area contributed by atoms with E-state index in [-0.39, 0.29) is 0 Å². The molecule has 0 spiro atoms. The molecular weight excluding hydrogens is 396 g/mol. The molecule has 118 valence electrons. The average molecular weight is 409 g/mol. The molecule has 0 radical (unpaired) electrons. The van der Waals surface area contributed by atoms with Crippen molar-refractivity contribution in [2.75, 3.05) is 17.9 Å². The van der Waals surface area contributed by atoms with Crippen LogP contribution in [0.1, 0.15) is 0 Å². The Morgan fingerprint density at radius 3 is 2.74 bits per heavy atom. The number of hydrazine groups is 1. The summed E-state index contributed by atoms with van der Waals surface area (Å²) in [5.41, 5.74) is 7.75. The highest BCUT2D eigenvalue weighted by Crippen LogP contribution is 2.28. The lowest BCUT2D eigenvalue weighted by atomic mass is 10.3. The van der Waals surface area contributed by atoms with Crippen LogP contribution in [0.3, 0.4) is 0 Å². The fourth-order valence-electron chi connectivity index (χ4n) is 1.89. The third-order valence-electron chi connectivity index (χ3n) is 2.98. The van der Waals surface area contributed by atoms with Crippen LogP contribution < -0.4 is 20.9 Å². The Morgan fingerprint density at radius 2 is 2.00 bits per heavy atom. The Hall–Kier alpha value is -1.90. The molecule has 1 aromatic heterocycles.